The molecule has 0 spiro atoms. The van der Waals surface area contributed by atoms with Gasteiger partial charge in [-0.3, -0.25) is 4.79 Å². The Balaban J connectivity index is 1.81. The number of amides is 1. The van der Waals surface area contributed by atoms with E-state index in [-0.39, 0.29) is 17.2 Å². The van der Waals surface area contributed by atoms with E-state index < -0.39 is 0 Å². The van der Waals surface area contributed by atoms with Gasteiger partial charge in [0, 0.05) is 12.5 Å². The first-order chi connectivity index (χ1) is 9.09. The van der Waals surface area contributed by atoms with Crippen LogP contribution in [0.3, 0.4) is 0 Å². The summed E-state index contributed by atoms with van der Waals surface area (Å²) in [4.78, 5) is 12.3. The maximum Gasteiger partial charge on any atom is 0.223 e. The van der Waals surface area contributed by atoms with Crippen molar-refractivity contribution in [3.8, 4) is 0 Å². The molecule has 2 rings (SSSR count). The van der Waals surface area contributed by atoms with E-state index >= 15 is 0 Å². The minimum atomic E-state index is 0.162. The molecule has 1 N–H and O–H groups in total. The van der Waals surface area contributed by atoms with Crippen molar-refractivity contribution in [2.75, 3.05) is 6.54 Å². The summed E-state index contributed by atoms with van der Waals surface area (Å²) in [7, 11) is 0. The minimum absolute atomic E-state index is 0.162. The third-order valence-electron chi connectivity index (χ3n) is 4.38. The third kappa shape index (κ3) is 3.82. The van der Waals surface area contributed by atoms with E-state index in [1.165, 1.54) is 24.8 Å². The molecular weight excluding hydrogens is 234 g/mol. The highest BCUT2D eigenvalue weighted by molar-refractivity contribution is 5.79. The summed E-state index contributed by atoms with van der Waals surface area (Å²) in [5.74, 6) is 0.442. The van der Waals surface area contributed by atoms with Gasteiger partial charge in [0.2, 0.25) is 5.91 Å². The monoisotopic (exact) mass is 259 g/mol. The summed E-state index contributed by atoms with van der Waals surface area (Å²) < 4.78 is 0. The van der Waals surface area contributed by atoms with E-state index in [2.05, 4.69) is 31.3 Å². The first-order valence-corrected chi connectivity index (χ1v) is 7.41. The molecule has 104 valence electrons. The van der Waals surface area contributed by atoms with Crippen LogP contribution in [0.1, 0.15) is 45.1 Å². The summed E-state index contributed by atoms with van der Waals surface area (Å²) >= 11 is 0. The van der Waals surface area contributed by atoms with Crippen LogP contribution in [-0.2, 0) is 11.2 Å². The summed E-state index contributed by atoms with van der Waals surface area (Å²) in [5.41, 5.74) is 1.44. The highest BCUT2D eigenvalue weighted by atomic mass is 16.1. The molecule has 19 heavy (non-hydrogen) atoms. The van der Waals surface area contributed by atoms with Crippen molar-refractivity contribution in [1.82, 2.24) is 5.32 Å². The predicted octanol–water partition coefficient (Wildman–Crippen LogP) is 3.56. The smallest absolute Gasteiger partial charge is 0.223 e. The lowest BCUT2D eigenvalue weighted by Gasteiger charge is -2.37. The molecule has 1 saturated carbocycles. The van der Waals surface area contributed by atoms with Crippen LogP contribution in [-0.4, -0.2) is 12.5 Å². The minimum Gasteiger partial charge on any atom is -0.356 e. The summed E-state index contributed by atoms with van der Waals surface area (Å²) in [6.45, 7) is 5.20. The van der Waals surface area contributed by atoms with Gasteiger partial charge in [0.1, 0.15) is 0 Å². The molecule has 1 atom stereocenters. The van der Waals surface area contributed by atoms with Gasteiger partial charge in [-0.05, 0) is 30.2 Å². The van der Waals surface area contributed by atoms with Gasteiger partial charge in [0.15, 0.2) is 0 Å². The van der Waals surface area contributed by atoms with Crippen LogP contribution in [0.25, 0.3) is 0 Å². The number of rotatable bonds is 4. The zero-order valence-corrected chi connectivity index (χ0v) is 12.1. The second-order valence-electron chi connectivity index (χ2n) is 6.31. The lowest BCUT2D eigenvalue weighted by atomic mass is 9.68. The highest BCUT2D eigenvalue weighted by Gasteiger charge is 2.36. The normalized spacial score (nSPS) is 21.9. The van der Waals surface area contributed by atoms with Gasteiger partial charge >= 0.3 is 0 Å². The molecule has 1 fully saturated rings. The molecule has 0 aromatic heterocycles. The van der Waals surface area contributed by atoms with Crippen molar-refractivity contribution in [3.05, 3.63) is 35.9 Å². The molecule has 0 aliphatic heterocycles. The fourth-order valence-corrected chi connectivity index (χ4v) is 3.08. The second kappa shape index (κ2) is 6.23. The van der Waals surface area contributed by atoms with Crippen LogP contribution in [0.2, 0.25) is 0 Å². The average Bonchev–Trinajstić information content (AvgIpc) is 2.39. The summed E-state index contributed by atoms with van der Waals surface area (Å²) in [6, 6.07) is 10.3. The molecule has 1 aromatic rings. The molecule has 1 aromatic carbocycles. The van der Waals surface area contributed by atoms with Crippen LogP contribution in [0.4, 0.5) is 0 Å². The van der Waals surface area contributed by atoms with Crippen molar-refractivity contribution in [3.63, 3.8) is 0 Å². The summed E-state index contributed by atoms with van der Waals surface area (Å²) in [6.07, 6.45) is 5.59. The molecule has 0 bridgehead atoms. The quantitative estimate of drug-likeness (QED) is 0.880. The Labute approximate surface area is 116 Å². The van der Waals surface area contributed by atoms with E-state index in [1.54, 1.807) is 0 Å². The molecule has 2 nitrogen and oxygen atoms in total. The molecule has 0 unspecified atom stereocenters. The van der Waals surface area contributed by atoms with Crippen LogP contribution in [0.5, 0.6) is 0 Å². The van der Waals surface area contributed by atoms with Gasteiger partial charge in [0.05, 0.1) is 0 Å². The number of nitrogens with one attached hydrogen (secondary N) is 1. The molecule has 1 aliphatic rings. The molecule has 0 heterocycles. The molecular formula is C17H25NO. The number of benzene rings is 1. The van der Waals surface area contributed by atoms with Crippen LogP contribution < -0.4 is 5.32 Å². The van der Waals surface area contributed by atoms with Crippen molar-refractivity contribution < 1.29 is 4.79 Å². The van der Waals surface area contributed by atoms with E-state index in [0.717, 1.165) is 19.4 Å². The number of hydrogen-bond acceptors (Lipinski definition) is 1. The van der Waals surface area contributed by atoms with Crippen LogP contribution in [0, 0.1) is 11.3 Å². The largest absolute Gasteiger partial charge is 0.356 e. The fraction of sp³-hybridized carbons (Fsp3) is 0.588. The Morgan fingerprint density at radius 1 is 1.26 bits per heavy atom. The first-order valence-electron chi connectivity index (χ1n) is 7.41. The van der Waals surface area contributed by atoms with Gasteiger partial charge in [-0.15, -0.1) is 0 Å². The van der Waals surface area contributed by atoms with Crippen molar-refractivity contribution in [1.29, 1.82) is 0 Å². The average molecular weight is 259 g/mol. The van der Waals surface area contributed by atoms with E-state index in [9.17, 15) is 4.79 Å². The van der Waals surface area contributed by atoms with E-state index in [0.29, 0.717) is 0 Å². The number of carbonyl (C=O) groups is 1. The zero-order valence-electron chi connectivity index (χ0n) is 12.1. The van der Waals surface area contributed by atoms with E-state index in [4.69, 9.17) is 0 Å². The maximum atomic E-state index is 12.3. The Hall–Kier alpha value is -1.31. The topological polar surface area (TPSA) is 29.1 Å². The van der Waals surface area contributed by atoms with Gasteiger partial charge in [-0.2, -0.15) is 0 Å². The van der Waals surface area contributed by atoms with Crippen LogP contribution >= 0.6 is 0 Å². The standard InChI is InChI=1S/C17H25NO/c1-17(2)12-7-6-10-15(17)16(19)18-13-11-14-8-4-3-5-9-14/h3-5,8-9,15H,6-7,10-13H2,1-2H3,(H,18,19)/t15-/m1/s1. The van der Waals surface area contributed by atoms with Crippen molar-refractivity contribution in [2.24, 2.45) is 11.3 Å². The van der Waals surface area contributed by atoms with Gasteiger partial charge < -0.3 is 5.32 Å². The van der Waals surface area contributed by atoms with Gasteiger partial charge in [0.25, 0.3) is 0 Å². The molecule has 1 amide bonds. The van der Waals surface area contributed by atoms with E-state index in [1.807, 2.05) is 18.2 Å². The lowest BCUT2D eigenvalue weighted by molar-refractivity contribution is -0.130. The highest BCUT2D eigenvalue weighted by Crippen LogP contribution is 2.40. The molecule has 0 radical (unpaired) electrons. The number of hydrogen-bond donors (Lipinski definition) is 1. The lowest BCUT2D eigenvalue weighted by Crippen LogP contribution is -2.41. The Morgan fingerprint density at radius 3 is 2.68 bits per heavy atom. The predicted molar refractivity (Wildman–Crippen MR) is 78.9 cm³/mol. The first kappa shape index (κ1) is 14.1. The second-order valence-corrected chi connectivity index (χ2v) is 6.31. The van der Waals surface area contributed by atoms with Crippen molar-refractivity contribution in [2.45, 2.75) is 46.0 Å². The third-order valence-corrected chi connectivity index (χ3v) is 4.38. The SMILES string of the molecule is CC1(C)CCCC[C@@H]1C(=O)NCCc1ccccc1. The number of carbonyl (C=O) groups excluding carboxylic acids is 1. The van der Waals surface area contributed by atoms with Crippen molar-refractivity contribution >= 4 is 5.91 Å². The Kier molecular flexibility index (Phi) is 4.62. The molecule has 1 aliphatic carbocycles. The zero-order chi connectivity index (χ0) is 13.7. The molecule has 2 heteroatoms. The van der Waals surface area contributed by atoms with Gasteiger partial charge in [-0.25, -0.2) is 0 Å². The molecule has 0 saturated heterocycles. The maximum absolute atomic E-state index is 12.3. The fourth-order valence-electron chi connectivity index (χ4n) is 3.08. The Morgan fingerprint density at radius 2 is 2.00 bits per heavy atom. The van der Waals surface area contributed by atoms with Crippen LogP contribution in [0.15, 0.2) is 30.3 Å². The Bertz CT molecular complexity index is 411. The summed E-state index contributed by atoms with van der Waals surface area (Å²) in [5, 5.41) is 3.12. The van der Waals surface area contributed by atoms with Gasteiger partial charge in [-0.1, -0.05) is 57.0 Å².